The molecule has 3 aliphatic rings. The van der Waals surface area contributed by atoms with Crippen molar-refractivity contribution in [1.29, 1.82) is 5.41 Å². The molecule has 0 radical (unpaired) electrons. The quantitative estimate of drug-likeness (QED) is 0.202. The largest absolute Gasteiger partial charge is 0.481 e. The number of guanidine groups is 1. The van der Waals surface area contributed by atoms with E-state index in [-0.39, 0.29) is 61.3 Å². The summed E-state index contributed by atoms with van der Waals surface area (Å²) in [5, 5.41) is 20.4. The molecule has 1 saturated carbocycles. The summed E-state index contributed by atoms with van der Waals surface area (Å²) in [6.07, 6.45) is 12.3. The Bertz CT molecular complexity index is 656. The average molecular weight is 539 g/mol. The van der Waals surface area contributed by atoms with Gasteiger partial charge in [0.15, 0.2) is 5.96 Å². The van der Waals surface area contributed by atoms with E-state index < -0.39 is 12.0 Å². The van der Waals surface area contributed by atoms with Crippen molar-refractivity contribution >= 4 is 42.7 Å². The van der Waals surface area contributed by atoms with Crippen LogP contribution in [0.3, 0.4) is 0 Å². The number of aliphatic carboxylic acids is 1. The van der Waals surface area contributed by atoms with Crippen LogP contribution in [0.2, 0.25) is 0 Å². The van der Waals surface area contributed by atoms with Crippen LogP contribution >= 0.6 is 24.8 Å². The maximum Gasteiger partial charge on any atom is 0.305 e. The minimum Gasteiger partial charge on any atom is -0.481 e. The molecule has 3 fully saturated rings. The lowest BCUT2D eigenvalue weighted by Crippen LogP contribution is -2.55. The number of nitrogens with zero attached hydrogens (tertiary/aromatic N) is 2. The number of amides is 1. The first-order valence-corrected chi connectivity index (χ1v) is 12.9. The monoisotopic (exact) mass is 537 g/mol. The van der Waals surface area contributed by atoms with Crippen LogP contribution in [-0.2, 0) is 14.3 Å². The van der Waals surface area contributed by atoms with Crippen LogP contribution in [0.4, 0.5) is 0 Å². The zero-order chi connectivity index (χ0) is 23.6. The minimum atomic E-state index is -0.928. The number of hydrogen-bond donors (Lipinski definition) is 4. The Labute approximate surface area is 222 Å². The summed E-state index contributed by atoms with van der Waals surface area (Å²) in [7, 11) is 0. The van der Waals surface area contributed by atoms with Crippen LogP contribution in [0, 0.1) is 5.41 Å². The van der Waals surface area contributed by atoms with Crippen molar-refractivity contribution in [2.24, 2.45) is 5.73 Å². The van der Waals surface area contributed by atoms with E-state index in [2.05, 4.69) is 5.32 Å². The third kappa shape index (κ3) is 10.3. The summed E-state index contributed by atoms with van der Waals surface area (Å²) in [5.41, 5.74) is 5.56. The first-order valence-electron chi connectivity index (χ1n) is 12.9. The fourth-order valence-electron chi connectivity index (χ4n) is 5.55. The highest BCUT2D eigenvalue weighted by atomic mass is 35.5. The highest BCUT2D eigenvalue weighted by molar-refractivity contribution is 5.86. The molecule has 0 unspecified atom stereocenters. The van der Waals surface area contributed by atoms with E-state index in [9.17, 15) is 14.7 Å². The summed E-state index contributed by atoms with van der Waals surface area (Å²) < 4.78 is 6.12. The van der Waals surface area contributed by atoms with Gasteiger partial charge in [-0.25, -0.2) is 0 Å². The average Bonchev–Trinajstić information content (AvgIpc) is 3.07. The molecule has 3 rings (SSSR count). The van der Waals surface area contributed by atoms with Gasteiger partial charge in [-0.05, 0) is 51.4 Å². The smallest absolute Gasteiger partial charge is 0.305 e. The number of carbonyl (C=O) groups excluding carboxylic acids is 1. The van der Waals surface area contributed by atoms with Crippen molar-refractivity contribution < 1.29 is 19.4 Å². The van der Waals surface area contributed by atoms with Crippen LogP contribution in [0.25, 0.3) is 0 Å². The van der Waals surface area contributed by atoms with Crippen molar-refractivity contribution in [3.05, 3.63) is 0 Å². The maximum atomic E-state index is 13.5. The minimum absolute atomic E-state index is 0. The predicted octanol–water partition coefficient (Wildman–Crippen LogP) is 3.13. The molecular weight excluding hydrogens is 493 g/mol. The number of nitrogens with one attached hydrogen (secondary N) is 2. The summed E-state index contributed by atoms with van der Waals surface area (Å²) >= 11 is 0. The van der Waals surface area contributed by atoms with Crippen LogP contribution < -0.4 is 11.1 Å². The molecular formula is C24H45Cl2N5O4. The van der Waals surface area contributed by atoms with Crippen molar-refractivity contribution in [1.82, 2.24) is 15.1 Å². The molecule has 9 nitrogen and oxygen atoms in total. The van der Waals surface area contributed by atoms with Gasteiger partial charge in [0.25, 0.3) is 0 Å². The van der Waals surface area contributed by atoms with Gasteiger partial charge in [0.2, 0.25) is 5.91 Å². The lowest BCUT2D eigenvalue weighted by Gasteiger charge is -2.39. The number of halogens is 2. The number of likely N-dealkylation sites (tertiary alicyclic amines) is 2. The lowest BCUT2D eigenvalue weighted by molar-refractivity contribution is -0.145. The van der Waals surface area contributed by atoms with E-state index in [1.54, 1.807) is 0 Å². The van der Waals surface area contributed by atoms with E-state index in [0.717, 1.165) is 77.3 Å². The van der Waals surface area contributed by atoms with Crippen LogP contribution in [0.5, 0.6) is 0 Å². The van der Waals surface area contributed by atoms with Crippen molar-refractivity contribution in [2.45, 2.75) is 108 Å². The van der Waals surface area contributed by atoms with E-state index in [0.29, 0.717) is 13.2 Å². The molecule has 0 aromatic heterocycles. The SMILES string of the molecule is Cl.Cl.N=C(N)N1CCC(OCC[C@@H]2CCCCN2C(=O)[C@H](CC(=O)O)NC2CCCCCC2)CC1. The Morgan fingerprint density at radius 1 is 0.971 bits per heavy atom. The zero-order valence-corrected chi connectivity index (χ0v) is 22.4. The van der Waals surface area contributed by atoms with Gasteiger partial charge in [-0.15, -0.1) is 24.8 Å². The Hall–Kier alpha value is -1.29. The molecule has 0 aromatic carbocycles. The fourth-order valence-corrected chi connectivity index (χ4v) is 5.55. The number of ether oxygens (including phenoxy) is 1. The van der Waals surface area contributed by atoms with Crippen LogP contribution in [0.15, 0.2) is 0 Å². The second-order valence-corrected chi connectivity index (χ2v) is 9.92. The second kappa shape index (κ2) is 16.5. The number of nitrogens with two attached hydrogens (primary N) is 1. The van der Waals surface area contributed by atoms with Gasteiger partial charge in [0, 0.05) is 38.3 Å². The third-order valence-corrected chi connectivity index (χ3v) is 7.47. The highest BCUT2D eigenvalue weighted by Crippen LogP contribution is 2.24. The Balaban J connectivity index is 0.00000306. The molecule has 0 spiro atoms. The molecule has 35 heavy (non-hydrogen) atoms. The van der Waals surface area contributed by atoms with E-state index >= 15 is 0 Å². The maximum absolute atomic E-state index is 13.5. The number of carboxylic acid groups (broad SMARTS) is 1. The molecule has 0 bridgehead atoms. The number of rotatable bonds is 9. The molecule has 204 valence electrons. The van der Waals surface area contributed by atoms with E-state index in [4.69, 9.17) is 15.9 Å². The molecule has 1 aliphatic carbocycles. The Morgan fingerprint density at radius 3 is 2.20 bits per heavy atom. The Morgan fingerprint density at radius 2 is 1.60 bits per heavy atom. The second-order valence-electron chi connectivity index (χ2n) is 9.92. The number of piperidine rings is 2. The van der Waals surface area contributed by atoms with Gasteiger partial charge >= 0.3 is 5.97 Å². The van der Waals surface area contributed by atoms with E-state index in [1.165, 1.54) is 12.8 Å². The molecule has 2 saturated heterocycles. The molecule has 11 heteroatoms. The fraction of sp³-hybridized carbons (Fsp3) is 0.875. The number of carbonyl (C=O) groups is 2. The zero-order valence-electron chi connectivity index (χ0n) is 20.8. The molecule has 0 aromatic rings. The predicted molar refractivity (Wildman–Crippen MR) is 142 cm³/mol. The van der Waals surface area contributed by atoms with E-state index in [1.807, 2.05) is 9.80 Å². The van der Waals surface area contributed by atoms with Crippen LogP contribution in [-0.4, -0.2) is 83.2 Å². The first-order chi connectivity index (χ1) is 15.9. The van der Waals surface area contributed by atoms with Gasteiger partial charge in [-0.1, -0.05) is 25.7 Å². The summed E-state index contributed by atoms with van der Waals surface area (Å²) in [5.74, 6) is -0.859. The van der Waals surface area contributed by atoms with Gasteiger partial charge in [-0.2, -0.15) is 0 Å². The van der Waals surface area contributed by atoms with Gasteiger partial charge in [-0.3, -0.25) is 15.0 Å². The molecule has 2 aliphatic heterocycles. The summed E-state index contributed by atoms with van der Waals surface area (Å²) in [6.45, 7) is 2.79. The molecule has 5 N–H and O–H groups in total. The van der Waals surface area contributed by atoms with Crippen molar-refractivity contribution in [3.8, 4) is 0 Å². The summed E-state index contributed by atoms with van der Waals surface area (Å²) in [4.78, 5) is 28.8. The number of hydrogen-bond acceptors (Lipinski definition) is 5. The standard InChI is InChI=1S/C24H43N5O4.2ClH/c25-24(26)28-14-10-20(11-15-28)33-16-12-19-9-5-6-13-29(19)23(32)21(17-22(30)31)27-18-7-3-1-2-4-8-18;;/h18-21,27H,1-17H2,(H3,25,26)(H,30,31);2*1H/t19-,21-;;/m0../s1. The highest BCUT2D eigenvalue weighted by Gasteiger charge is 2.34. The molecule has 2 heterocycles. The normalized spacial score (nSPS) is 22.9. The molecule has 2 atom stereocenters. The van der Waals surface area contributed by atoms with Crippen molar-refractivity contribution in [2.75, 3.05) is 26.2 Å². The topological polar surface area (TPSA) is 132 Å². The first kappa shape index (κ1) is 31.7. The van der Waals surface area contributed by atoms with Gasteiger partial charge < -0.3 is 30.7 Å². The van der Waals surface area contributed by atoms with Crippen LogP contribution in [0.1, 0.15) is 83.5 Å². The Kier molecular flexibility index (Phi) is 14.9. The number of carboxylic acids is 1. The molecule has 1 amide bonds. The van der Waals surface area contributed by atoms with Gasteiger partial charge in [0.1, 0.15) is 0 Å². The summed E-state index contributed by atoms with van der Waals surface area (Å²) in [6, 6.07) is -0.313. The van der Waals surface area contributed by atoms with Crippen molar-refractivity contribution in [3.63, 3.8) is 0 Å². The third-order valence-electron chi connectivity index (χ3n) is 7.47. The van der Waals surface area contributed by atoms with Gasteiger partial charge in [0.05, 0.1) is 18.6 Å². The lowest BCUT2D eigenvalue weighted by atomic mass is 9.97.